The van der Waals surface area contributed by atoms with Gasteiger partial charge in [0.25, 0.3) is 0 Å². The van der Waals surface area contributed by atoms with Crippen LogP contribution in [-0.4, -0.2) is 48.0 Å². The number of rotatable bonds is 6. The van der Waals surface area contributed by atoms with E-state index in [2.05, 4.69) is 15.2 Å². The smallest absolute Gasteiger partial charge is 0.411 e. The molecule has 1 amide bonds. The summed E-state index contributed by atoms with van der Waals surface area (Å²) in [5.74, 6) is 0.214. The molecule has 8 heteroatoms. The maximum atomic E-state index is 12.6. The second-order valence-electron chi connectivity index (χ2n) is 7.25. The maximum absolute atomic E-state index is 12.6. The number of anilines is 1. The fourth-order valence-corrected chi connectivity index (χ4v) is 4.55. The normalized spacial score (nSPS) is 15.2. The fraction of sp³-hybridized carbons (Fsp3) is 0.318. The first-order chi connectivity index (χ1) is 14.6. The minimum atomic E-state index is -0.469. The molecular weight excluding hydrogens is 422 g/mol. The van der Waals surface area contributed by atoms with Gasteiger partial charge in [0, 0.05) is 23.0 Å². The third kappa shape index (κ3) is 4.98. The molecule has 1 saturated heterocycles. The Hall–Kier alpha value is -2.48. The number of fused-ring (bicyclic) bond motifs is 1. The second-order valence-corrected chi connectivity index (χ2v) is 8.55. The van der Waals surface area contributed by atoms with E-state index in [1.165, 1.54) is 11.3 Å². The van der Waals surface area contributed by atoms with Crippen LogP contribution in [0.1, 0.15) is 23.2 Å². The van der Waals surface area contributed by atoms with Crippen LogP contribution in [0.4, 0.5) is 10.5 Å². The van der Waals surface area contributed by atoms with Crippen molar-refractivity contribution in [3.05, 3.63) is 58.6 Å². The number of aromatic nitrogens is 1. The average molecular weight is 444 g/mol. The molecule has 2 heterocycles. The Labute approximate surface area is 183 Å². The van der Waals surface area contributed by atoms with Crippen molar-refractivity contribution in [3.63, 3.8) is 0 Å². The van der Waals surface area contributed by atoms with Crippen molar-refractivity contribution in [2.75, 3.05) is 31.6 Å². The molecule has 0 radical (unpaired) electrons. The summed E-state index contributed by atoms with van der Waals surface area (Å²) in [6.07, 6.45) is 1.14. The lowest BCUT2D eigenvalue weighted by atomic mass is 9.89. The van der Waals surface area contributed by atoms with Crippen molar-refractivity contribution in [2.45, 2.75) is 12.8 Å². The molecule has 1 aromatic heterocycles. The van der Waals surface area contributed by atoms with Crippen LogP contribution in [0.15, 0.2) is 48.0 Å². The number of thiazole rings is 1. The predicted octanol–water partition coefficient (Wildman–Crippen LogP) is 5.09. The van der Waals surface area contributed by atoms with E-state index >= 15 is 0 Å². The molecule has 0 saturated carbocycles. The number of benzene rings is 2. The van der Waals surface area contributed by atoms with Crippen LogP contribution in [0, 0.1) is 5.92 Å². The zero-order valence-corrected chi connectivity index (χ0v) is 17.9. The Bertz CT molecular complexity index is 1030. The topological polar surface area (TPSA) is 71.5 Å². The van der Waals surface area contributed by atoms with Gasteiger partial charge in [-0.3, -0.25) is 15.0 Å². The highest BCUT2D eigenvalue weighted by Gasteiger charge is 2.25. The molecule has 1 N–H and O–H groups in total. The molecule has 0 spiro atoms. The van der Waals surface area contributed by atoms with Crippen LogP contribution in [-0.2, 0) is 4.74 Å². The maximum Gasteiger partial charge on any atom is 0.411 e. The lowest BCUT2D eigenvalue weighted by Crippen LogP contribution is -2.38. The van der Waals surface area contributed by atoms with E-state index in [1.807, 2.05) is 18.2 Å². The number of ether oxygens (including phenoxy) is 1. The molecule has 3 aromatic rings. The van der Waals surface area contributed by atoms with Crippen molar-refractivity contribution >= 4 is 50.7 Å². The van der Waals surface area contributed by atoms with Gasteiger partial charge in [-0.2, -0.15) is 0 Å². The van der Waals surface area contributed by atoms with E-state index in [0.717, 1.165) is 36.1 Å². The van der Waals surface area contributed by atoms with Crippen LogP contribution < -0.4 is 5.32 Å². The number of carbonyl (C=O) groups is 2. The van der Waals surface area contributed by atoms with Gasteiger partial charge in [-0.05, 0) is 62.3 Å². The third-order valence-electron chi connectivity index (χ3n) is 5.32. The summed E-state index contributed by atoms with van der Waals surface area (Å²) in [4.78, 5) is 31.2. The predicted molar refractivity (Wildman–Crippen MR) is 120 cm³/mol. The standard InChI is InChI=1S/C22H22ClN3O3S/c23-17-6-4-15(5-7-17)20(27)16-8-10-26(11-9-16)12-13-29-22(28)25-19-3-1-2-18-21(19)30-14-24-18/h1-7,14,16H,8-13H2,(H,25,28). The molecule has 1 aliphatic heterocycles. The van der Waals surface area contributed by atoms with E-state index in [0.29, 0.717) is 29.4 Å². The number of nitrogens with zero attached hydrogens (tertiary/aromatic N) is 2. The van der Waals surface area contributed by atoms with Crippen molar-refractivity contribution < 1.29 is 14.3 Å². The minimum Gasteiger partial charge on any atom is -0.448 e. The fourth-order valence-electron chi connectivity index (χ4n) is 3.67. The number of nitrogens with one attached hydrogen (secondary N) is 1. The molecule has 0 aliphatic carbocycles. The van der Waals surface area contributed by atoms with Crippen LogP contribution in [0.25, 0.3) is 10.2 Å². The SMILES string of the molecule is O=C(Nc1cccc2ncsc12)OCCN1CCC(C(=O)c2ccc(Cl)cc2)CC1. The number of halogens is 1. The van der Waals surface area contributed by atoms with Crippen LogP contribution in [0.3, 0.4) is 0 Å². The summed E-state index contributed by atoms with van der Waals surface area (Å²) in [6, 6.07) is 12.7. The Balaban J connectivity index is 1.19. The summed E-state index contributed by atoms with van der Waals surface area (Å²) in [5, 5.41) is 3.42. The lowest BCUT2D eigenvalue weighted by Gasteiger charge is -2.31. The summed E-state index contributed by atoms with van der Waals surface area (Å²) < 4.78 is 6.27. The van der Waals surface area contributed by atoms with E-state index in [-0.39, 0.29) is 11.7 Å². The molecular formula is C22H22ClN3O3S. The van der Waals surface area contributed by atoms with Gasteiger partial charge < -0.3 is 4.74 Å². The van der Waals surface area contributed by atoms with Gasteiger partial charge in [-0.1, -0.05) is 17.7 Å². The Morgan fingerprint density at radius 3 is 2.70 bits per heavy atom. The molecule has 2 aromatic carbocycles. The molecule has 30 heavy (non-hydrogen) atoms. The molecule has 156 valence electrons. The van der Waals surface area contributed by atoms with Gasteiger partial charge in [0.05, 0.1) is 21.4 Å². The molecule has 1 fully saturated rings. The number of amides is 1. The first kappa shape index (κ1) is 20.8. The van der Waals surface area contributed by atoms with Crippen molar-refractivity contribution in [2.24, 2.45) is 5.92 Å². The highest BCUT2D eigenvalue weighted by molar-refractivity contribution is 7.17. The number of hydrogen-bond acceptors (Lipinski definition) is 6. The van der Waals surface area contributed by atoms with Gasteiger partial charge in [0.1, 0.15) is 6.61 Å². The monoisotopic (exact) mass is 443 g/mol. The minimum absolute atomic E-state index is 0.0338. The van der Waals surface area contributed by atoms with Crippen molar-refractivity contribution in [3.8, 4) is 0 Å². The second kappa shape index (κ2) is 9.55. The molecule has 0 unspecified atom stereocenters. The van der Waals surface area contributed by atoms with Crippen LogP contribution in [0.2, 0.25) is 5.02 Å². The average Bonchev–Trinajstić information content (AvgIpc) is 3.24. The molecule has 0 atom stereocenters. The zero-order valence-electron chi connectivity index (χ0n) is 16.3. The number of Topliss-reactive ketones (excluding diaryl/α,β-unsaturated/α-hetero) is 1. The molecule has 0 bridgehead atoms. The highest BCUT2D eigenvalue weighted by Crippen LogP contribution is 2.26. The van der Waals surface area contributed by atoms with Gasteiger partial charge >= 0.3 is 6.09 Å². The van der Waals surface area contributed by atoms with E-state index in [1.54, 1.807) is 29.8 Å². The molecule has 4 rings (SSSR count). The summed E-state index contributed by atoms with van der Waals surface area (Å²) in [7, 11) is 0. The summed E-state index contributed by atoms with van der Waals surface area (Å²) in [5.41, 5.74) is 4.03. The zero-order chi connectivity index (χ0) is 20.9. The highest BCUT2D eigenvalue weighted by atomic mass is 35.5. The number of piperidine rings is 1. The van der Waals surface area contributed by atoms with E-state index in [4.69, 9.17) is 16.3 Å². The molecule has 6 nitrogen and oxygen atoms in total. The van der Waals surface area contributed by atoms with E-state index < -0.39 is 6.09 Å². The number of carbonyl (C=O) groups excluding carboxylic acids is 2. The lowest BCUT2D eigenvalue weighted by molar-refractivity contribution is 0.0813. The Morgan fingerprint density at radius 2 is 1.93 bits per heavy atom. The molecule has 1 aliphatic rings. The Kier molecular flexibility index (Phi) is 6.62. The number of likely N-dealkylation sites (tertiary alicyclic amines) is 1. The van der Waals surface area contributed by atoms with Gasteiger partial charge in [0.2, 0.25) is 0 Å². The van der Waals surface area contributed by atoms with Gasteiger partial charge in [-0.25, -0.2) is 9.78 Å². The largest absolute Gasteiger partial charge is 0.448 e. The first-order valence-corrected chi connectivity index (χ1v) is 11.1. The van der Waals surface area contributed by atoms with Gasteiger partial charge in [-0.15, -0.1) is 11.3 Å². The van der Waals surface area contributed by atoms with Crippen molar-refractivity contribution in [1.29, 1.82) is 0 Å². The number of hydrogen-bond donors (Lipinski definition) is 1. The Morgan fingerprint density at radius 1 is 1.17 bits per heavy atom. The number of ketones is 1. The van der Waals surface area contributed by atoms with E-state index in [9.17, 15) is 9.59 Å². The first-order valence-electron chi connectivity index (χ1n) is 9.88. The summed E-state index contributed by atoms with van der Waals surface area (Å²) >= 11 is 7.38. The van der Waals surface area contributed by atoms with Gasteiger partial charge in [0.15, 0.2) is 5.78 Å². The van der Waals surface area contributed by atoms with Crippen LogP contribution in [0.5, 0.6) is 0 Å². The van der Waals surface area contributed by atoms with Crippen molar-refractivity contribution in [1.82, 2.24) is 9.88 Å². The third-order valence-corrected chi connectivity index (χ3v) is 6.45. The van der Waals surface area contributed by atoms with Crippen LogP contribution >= 0.6 is 22.9 Å². The summed E-state index contributed by atoms with van der Waals surface area (Å²) in [6.45, 7) is 2.59. The quantitative estimate of drug-likeness (QED) is 0.537.